The lowest BCUT2D eigenvalue weighted by Crippen LogP contribution is -2.28. The average molecular weight is 360 g/mol. The molecule has 0 atom stereocenters. The third-order valence-corrected chi connectivity index (χ3v) is 5.09. The highest BCUT2D eigenvalue weighted by molar-refractivity contribution is 8.00. The third kappa shape index (κ3) is 4.85. The SMILES string of the molecule is CC(=O)Nc1ccccc1SCC(=O)N(C)Cc1c(C)nn(C)c1C. The summed E-state index contributed by atoms with van der Waals surface area (Å²) in [7, 11) is 3.71. The van der Waals surface area contributed by atoms with Crippen molar-refractivity contribution in [2.24, 2.45) is 7.05 Å². The number of anilines is 1. The fraction of sp³-hybridized carbons (Fsp3) is 0.389. The molecule has 25 heavy (non-hydrogen) atoms. The summed E-state index contributed by atoms with van der Waals surface area (Å²) in [5.74, 6) is 0.218. The second-order valence-electron chi connectivity index (χ2n) is 5.99. The van der Waals surface area contributed by atoms with Gasteiger partial charge >= 0.3 is 0 Å². The molecule has 134 valence electrons. The van der Waals surface area contributed by atoms with Crippen LogP contribution in [0.5, 0.6) is 0 Å². The summed E-state index contributed by atoms with van der Waals surface area (Å²) in [6.45, 7) is 5.97. The number of nitrogens with one attached hydrogen (secondary N) is 1. The van der Waals surface area contributed by atoms with Crippen molar-refractivity contribution in [2.75, 3.05) is 18.1 Å². The van der Waals surface area contributed by atoms with Crippen molar-refractivity contribution in [3.8, 4) is 0 Å². The van der Waals surface area contributed by atoms with E-state index in [-0.39, 0.29) is 11.8 Å². The minimum absolute atomic E-state index is 0.0327. The van der Waals surface area contributed by atoms with Crippen molar-refractivity contribution in [2.45, 2.75) is 32.2 Å². The molecule has 2 rings (SSSR count). The topological polar surface area (TPSA) is 67.2 Å². The Morgan fingerprint density at radius 3 is 2.56 bits per heavy atom. The van der Waals surface area contributed by atoms with E-state index in [4.69, 9.17) is 0 Å². The molecule has 0 saturated carbocycles. The number of para-hydroxylation sites is 1. The van der Waals surface area contributed by atoms with E-state index < -0.39 is 0 Å². The predicted octanol–water partition coefficient (Wildman–Crippen LogP) is 2.75. The molecule has 0 aliphatic rings. The van der Waals surface area contributed by atoms with Crippen molar-refractivity contribution >= 4 is 29.3 Å². The van der Waals surface area contributed by atoms with E-state index in [0.717, 1.165) is 27.5 Å². The van der Waals surface area contributed by atoms with E-state index in [1.165, 1.54) is 18.7 Å². The first kappa shape index (κ1) is 19.1. The van der Waals surface area contributed by atoms with Crippen LogP contribution < -0.4 is 5.32 Å². The van der Waals surface area contributed by atoms with Gasteiger partial charge in [-0.25, -0.2) is 0 Å². The Bertz CT molecular complexity index is 785. The van der Waals surface area contributed by atoms with E-state index >= 15 is 0 Å². The standard InChI is InChI=1S/C18H24N4O2S/c1-12-15(13(2)22(5)20-12)10-21(4)18(24)11-25-17-9-7-6-8-16(17)19-14(3)23/h6-9H,10-11H2,1-5H3,(H,19,23). The lowest BCUT2D eigenvalue weighted by Gasteiger charge is -2.18. The molecule has 0 fully saturated rings. The van der Waals surface area contributed by atoms with Crippen molar-refractivity contribution < 1.29 is 9.59 Å². The van der Waals surface area contributed by atoms with Gasteiger partial charge in [0.25, 0.3) is 0 Å². The molecule has 0 bridgehead atoms. The van der Waals surface area contributed by atoms with Gasteiger partial charge < -0.3 is 10.2 Å². The zero-order chi connectivity index (χ0) is 18.6. The number of aromatic nitrogens is 2. The quantitative estimate of drug-likeness (QED) is 0.805. The van der Waals surface area contributed by atoms with Crippen LogP contribution in [0.2, 0.25) is 0 Å². The molecule has 1 heterocycles. The van der Waals surface area contributed by atoms with Gasteiger partial charge in [-0.1, -0.05) is 12.1 Å². The number of thioether (sulfide) groups is 1. The number of benzene rings is 1. The predicted molar refractivity (Wildman–Crippen MR) is 101 cm³/mol. The molecule has 1 N–H and O–H groups in total. The van der Waals surface area contributed by atoms with Gasteiger partial charge in [0.15, 0.2) is 0 Å². The first-order chi connectivity index (χ1) is 11.8. The number of hydrogen-bond donors (Lipinski definition) is 1. The lowest BCUT2D eigenvalue weighted by molar-refractivity contribution is -0.127. The fourth-order valence-corrected chi connectivity index (χ4v) is 3.46. The van der Waals surface area contributed by atoms with Crippen molar-refractivity contribution in [1.82, 2.24) is 14.7 Å². The molecule has 2 aromatic rings. The monoisotopic (exact) mass is 360 g/mol. The number of amides is 2. The summed E-state index contributed by atoms with van der Waals surface area (Å²) in [5.41, 5.74) is 3.83. The van der Waals surface area contributed by atoms with E-state index in [1.54, 1.807) is 11.9 Å². The third-order valence-electron chi connectivity index (χ3n) is 4.03. The van der Waals surface area contributed by atoms with Gasteiger partial charge in [0.2, 0.25) is 11.8 Å². The first-order valence-corrected chi connectivity index (χ1v) is 9.00. The van der Waals surface area contributed by atoms with E-state index in [2.05, 4.69) is 10.4 Å². The Morgan fingerprint density at radius 1 is 1.28 bits per heavy atom. The van der Waals surface area contributed by atoms with Gasteiger partial charge in [0.1, 0.15) is 0 Å². The Hall–Kier alpha value is -2.28. The summed E-state index contributed by atoms with van der Waals surface area (Å²) in [4.78, 5) is 26.3. The minimum Gasteiger partial charge on any atom is -0.341 e. The summed E-state index contributed by atoms with van der Waals surface area (Å²) < 4.78 is 1.83. The molecule has 1 aromatic carbocycles. The fourth-order valence-electron chi connectivity index (χ4n) is 2.51. The van der Waals surface area contributed by atoms with E-state index in [0.29, 0.717) is 12.3 Å². The van der Waals surface area contributed by atoms with Crippen LogP contribution in [0.4, 0.5) is 5.69 Å². The van der Waals surface area contributed by atoms with Crippen LogP contribution in [0.1, 0.15) is 23.9 Å². The number of carbonyl (C=O) groups excluding carboxylic acids is 2. The second kappa shape index (κ2) is 8.20. The Labute approximate surface area is 152 Å². The molecular formula is C18H24N4O2S. The molecule has 6 nitrogen and oxygen atoms in total. The molecule has 7 heteroatoms. The molecule has 2 amide bonds. The van der Waals surface area contributed by atoms with Gasteiger partial charge in [0.05, 0.1) is 17.1 Å². The molecule has 0 aliphatic heterocycles. The largest absolute Gasteiger partial charge is 0.341 e. The van der Waals surface area contributed by atoms with Gasteiger partial charge in [-0.2, -0.15) is 5.10 Å². The Balaban J connectivity index is 1.99. The van der Waals surface area contributed by atoms with E-state index in [1.807, 2.05) is 49.8 Å². The molecule has 0 aliphatic carbocycles. The van der Waals surface area contributed by atoms with Crippen LogP contribution in [-0.4, -0.2) is 39.3 Å². The van der Waals surface area contributed by atoms with Crippen LogP contribution in [0, 0.1) is 13.8 Å². The summed E-state index contributed by atoms with van der Waals surface area (Å²) in [6, 6.07) is 7.49. The summed E-state index contributed by atoms with van der Waals surface area (Å²) >= 11 is 1.42. The zero-order valence-electron chi connectivity index (χ0n) is 15.3. The average Bonchev–Trinajstić information content (AvgIpc) is 2.79. The Morgan fingerprint density at radius 2 is 1.96 bits per heavy atom. The van der Waals surface area contributed by atoms with Crippen molar-refractivity contribution in [3.63, 3.8) is 0 Å². The Kier molecular flexibility index (Phi) is 6.25. The van der Waals surface area contributed by atoms with Crippen molar-refractivity contribution in [3.05, 3.63) is 41.2 Å². The normalized spacial score (nSPS) is 10.6. The second-order valence-corrected chi connectivity index (χ2v) is 7.01. The van der Waals surface area contributed by atoms with Gasteiger partial charge in [-0.3, -0.25) is 14.3 Å². The van der Waals surface area contributed by atoms with Gasteiger partial charge in [0, 0.05) is 43.7 Å². The van der Waals surface area contributed by atoms with Crippen LogP contribution in [0.15, 0.2) is 29.2 Å². The molecule has 0 saturated heterocycles. The maximum Gasteiger partial charge on any atom is 0.232 e. The zero-order valence-corrected chi connectivity index (χ0v) is 16.1. The van der Waals surface area contributed by atoms with Crippen LogP contribution in [0.3, 0.4) is 0 Å². The lowest BCUT2D eigenvalue weighted by atomic mass is 10.2. The maximum absolute atomic E-state index is 12.5. The van der Waals surface area contributed by atoms with Crippen LogP contribution in [0.25, 0.3) is 0 Å². The van der Waals surface area contributed by atoms with Crippen LogP contribution in [-0.2, 0) is 23.2 Å². The molecule has 0 radical (unpaired) electrons. The first-order valence-electron chi connectivity index (χ1n) is 8.02. The molecule has 0 unspecified atom stereocenters. The molecule has 0 spiro atoms. The summed E-state index contributed by atoms with van der Waals surface area (Å²) in [6.07, 6.45) is 0. The molecular weight excluding hydrogens is 336 g/mol. The number of nitrogens with zero attached hydrogens (tertiary/aromatic N) is 3. The summed E-state index contributed by atoms with van der Waals surface area (Å²) in [5, 5.41) is 7.18. The van der Waals surface area contributed by atoms with Crippen LogP contribution >= 0.6 is 11.8 Å². The number of carbonyl (C=O) groups is 2. The smallest absolute Gasteiger partial charge is 0.232 e. The number of hydrogen-bond acceptors (Lipinski definition) is 4. The minimum atomic E-state index is -0.126. The van der Waals surface area contributed by atoms with Gasteiger partial charge in [-0.15, -0.1) is 11.8 Å². The number of rotatable bonds is 6. The van der Waals surface area contributed by atoms with E-state index in [9.17, 15) is 9.59 Å². The highest BCUT2D eigenvalue weighted by atomic mass is 32.2. The molecule has 1 aromatic heterocycles. The highest BCUT2D eigenvalue weighted by Gasteiger charge is 2.16. The maximum atomic E-state index is 12.5. The number of aryl methyl sites for hydroxylation is 2. The van der Waals surface area contributed by atoms with Crippen molar-refractivity contribution in [1.29, 1.82) is 0 Å². The van der Waals surface area contributed by atoms with Gasteiger partial charge in [-0.05, 0) is 26.0 Å². The highest BCUT2D eigenvalue weighted by Crippen LogP contribution is 2.27.